The van der Waals surface area contributed by atoms with Crippen molar-refractivity contribution in [2.45, 2.75) is 13.0 Å². The molecule has 2 rings (SSSR count). The van der Waals surface area contributed by atoms with E-state index in [4.69, 9.17) is 26.8 Å². The van der Waals surface area contributed by atoms with Crippen molar-refractivity contribution in [3.05, 3.63) is 57.0 Å². The fraction of sp³-hybridized carbons (Fsp3) is 0.250. The van der Waals surface area contributed by atoms with E-state index in [1.807, 2.05) is 36.4 Å². The summed E-state index contributed by atoms with van der Waals surface area (Å²) >= 11 is 9.80. The molecule has 0 spiro atoms. The molecule has 112 valence electrons. The minimum atomic E-state index is 0.410. The molecule has 0 aliphatic carbocycles. The van der Waals surface area contributed by atoms with Crippen LogP contribution in [0, 0.1) is 0 Å². The van der Waals surface area contributed by atoms with Crippen molar-refractivity contribution in [3.63, 3.8) is 0 Å². The van der Waals surface area contributed by atoms with Crippen LogP contribution >= 0.6 is 27.5 Å². The molecule has 3 nitrogen and oxygen atoms in total. The molecule has 0 saturated carbocycles. The molecule has 2 aromatic carbocycles. The molecule has 0 radical (unpaired) electrons. The van der Waals surface area contributed by atoms with E-state index in [2.05, 4.69) is 15.9 Å². The zero-order valence-electron chi connectivity index (χ0n) is 11.7. The molecule has 0 amide bonds. The molecule has 21 heavy (non-hydrogen) atoms. The lowest BCUT2D eigenvalue weighted by Gasteiger charge is -2.14. The van der Waals surface area contributed by atoms with E-state index in [0.717, 1.165) is 22.0 Å². The number of halogens is 2. The lowest BCUT2D eigenvalue weighted by Crippen LogP contribution is -2.04. The Balaban J connectivity index is 2.21. The van der Waals surface area contributed by atoms with E-state index < -0.39 is 0 Å². The molecular weight excluding hydrogens is 354 g/mol. The first-order valence-corrected chi connectivity index (χ1v) is 7.75. The summed E-state index contributed by atoms with van der Waals surface area (Å²) in [6, 6.07) is 11.7. The van der Waals surface area contributed by atoms with E-state index >= 15 is 0 Å². The van der Waals surface area contributed by atoms with Crippen LogP contribution in [0.1, 0.15) is 11.1 Å². The van der Waals surface area contributed by atoms with Crippen molar-refractivity contribution < 1.29 is 9.47 Å². The third-order valence-electron chi connectivity index (χ3n) is 3.05. The Bertz CT molecular complexity index is 619. The van der Waals surface area contributed by atoms with Crippen LogP contribution in [-0.2, 0) is 13.0 Å². The summed E-state index contributed by atoms with van der Waals surface area (Å²) < 4.78 is 12.2. The monoisotopic (exact) mass is 369 g/mol. The first kappa shape index (κ1) is 16.1. The second-order valence-corrected chi connectivity index (χ2v) is 5.79. The van der Waals surface area contributed by atoms with Gasteiger partial charge in [-0.25, -0.2) is 0 Å². The van der Waals surface area contributed by atoms with E-state index in [-0.39, 0.29) is 0 Å². The zero-order chi connectivity index (χ0) is 15.2. The second-order valence-electron chi connectivity index (χ2n) is 4.53. The summed E-state index contributed by atoms with van der Waals surface area (Å²) in [6.45, 7) is 0.977. The van der Waals surface area contributed by atoms with E-state index in [1.165, 1.54) is 0 Å². The molecule has 0 saturated heterocycles. The highest BCUT2D eigenvalue weighted by Crippen LogP contribution is 2.37. The molecule has 0 atom stereocenters. The number of rotatable bonds is 6. The molecule has 0 heterocycles. The number of hydrogen-bond donors (Lipinski definition) is 1. The molecule has 0 aromatic heterocycles. The third kappa shape index (κ3) is 4.13. The summed E-state index contributed by atoms with van der Waals surface area (Å²) in [4.78, 5) is 0. The lowest BCUT2D eigenvalue weighted by atomic mass is 10.1. The third-order valence-corrected chi connectivity index (χ3v) is 4.11. The predicted molar refractivity (Wildman–Crippen MR) is 89.2 cm³/mol. The molecule has 0 bridgehead atoms. The van der Waals surface area contributed by atoms with Crippen molar-refractivity contribution in [2.75, 3.05) is 13.7 Å². The maximum Gasteiger partial charge on any atom is 0.180 e. The van der Waals surface area contributed by atoms with Gasteiger partial charge in [0.1, 0.15) is 6.61 Å². The van der Waals surface area contributed by atoms with Crippen molar-refractivity contribution >= 4 is 27.5 Å². The Morgan fingerprint density at radius 1 is 1.24 bits per heavy atom. The van der Waals surface area contributed by atoms with Crippen molar-refractivity contribution in [1.29, 1.82) is 0 Å². The SMILES string of the molecule is COc1cc(CCN)cc(Cl)c1OCc1ccccc1Br. The number of methoxy groups -OCH3 is 1. The second kappa shape index (κ2) is 7.69. The molecule has 0 aliphatic heterocycles. The van der Waals surface area contributed by atoms with Crippen molar-refractivity contribution in [1.82, 2.24) is 0 Å². The normalized spacial score (nSPS) is 10.5. The van der Waals surface area contributed by atoms with Gasteiger partial charge in [0.2, 0.25) is 0 Å². The van der Waals surface area contributed by atoms with Gasteiger partial charge in [0.25, 0.3) is 0 Å². The van der Waals surface area contributed by atoms with Gasteiger partial charge in [-0.1, -0.05) is 45.7 Å². The Labute approximate surface area is 138 Å². The Kier molecular flexibility index (Phi) is 5.91. The summed E-state index contributed by atoms with van der Waals surface area (Å²) in [7, 11) is 1.60. The van der Waals surface area contributed by atoms with Crippen LogP contribution in [0.2, 0.25) is 5.02 Å². The van der Waals surface area contributed by atoms with Crippen LogP contribution in [0.4, 0.5) is 0 Å². The summed E-state index contributed by atoms with van der Waals surface area (Å²) in [5.41, 5.74) is 7.65. The van der Waals surface area contributed by atoms with Gasteiger partial charge in [-0.3, -0.25) is 0 Å². The van der Waals surface area contributed by atoms with E-state index in [0.29, 0.717) is 29.7 Å². The Morgan fingerprint density at radius 2 is 2.00 bits per heavy atom. The van der Waals surface area contributed by atoms with Gasteiger partial charge in [0.05, 0.1) is 12.1 Å². The standard InChI is InChI=1S/C16H17BrClNO2/c1-20-15-9-11(6-7-19)8-14(18)16(15)21-10-12-4-2-3-5-13(12)17/h2-5,8-9H,6-7,10,19H2,1H3. The summed E-state index contributed by atoms with van der Waals surface area (Å²) in [5.74, 6) is 1.17. The predicted octanol–water partition coefficient (Wildman–Crippen LogP) is 4.19. The minimum Gasteiger partial charge on any atom is -0.493 e. The largest absolute Gasteiger partial charge is 0.493 e. The van der Waals surface area contributed by atoms with Crippen molar-refractivity contribution in [3.8, 4) is 11.5 Å². The van der Waals surface area contributed by atoms with Gasteiger partial charge in [-0.05, 0) is 36.7 Å². The highest BCUT2D eigenvalue weighted by atomic mass is 79.9. The molecule has 2 aromatic rings. The smallest absolute Gasteiger partial charge is 0.180 e. The van der Waals surface area contributed by atoms with Crippen molar-refractivity contribution in [2.24, 2.45) is 5.73 Å². The fourth-order valence-corrected chi connectivity index (χ4v) is 2.68. The molecular formula is C16H17BrClNO2. The van der Waals surface area contributed by atoms with Crippen LogP contribution in [-0.4, -0.2) is 13.7 Å². The van der Waals surface area contributed by atoms with E-state index in [9.17, 15) is 0 Å². The molecule has 0 unspecified atom stereocenters. The minimum absolute atomic E-state index is 0.410. The van der Waals surface area contributed by atoms with Gasteiger partial charge in [-0.15, -0.1) is 0 Å². The molecule has 2 N–H and O–H groups in total. The van der Waals surface area contributed by atoms with Crippen LogP contribution in [0.25, 0.3) is 0 Å². The Morgan fingerprint density at radius 3 is 2.67 bits per heavy atom. The summed E-state index contributed by atoms with van der Waals surface area (Å²) in [6.07, 6.45) is 0.751. The van der Waals surface area contributed by atoms with Crippen LogP contribution in [0.5, 0.6) is 11.5 Å². The highest BCUT2D eigenvalue weighted by molar-refractivity contribution is 9.10. The van der Waals surface area contributed by atoms with Gasteiger partial charge in [0.15, 0.2) is 11.5 Å². The van der Waals surface area contributed by atoms with Crippen LogP contribution in [0.3, 0.4) is 0 Å². The quantitative estimate of drug-likeness (QED) is 0.829. The van der Waals surface area contributed by atoms with Gasteiger partial charge < -0.3 is 15.2 Å². The topological polar surface area (TPSA) is 44.5 Å². The van der Waals surface area contributed by atoms with Gasteiger partial charge in [0, 0.05) is 10.0 Å². The number of benzene rings is 2. The van der Waals surface area contributed by atoms with Gasteiger partial charge in [-0.2, -0.15) is 0 Å². The van der Waals surface area contributed by atoms with Gasteiger partial charge >= 0.3 is 0 Å². The lowest BCUT2D eigenvalue weighted by molar-refractivity contribution is 0.284. The molecule has 0 fully saturated rings. The Hall–Kier alpha value is -1.23. The molecule has 0 aliphatic rings. The van der Waals surface area contributed by atoms with Crippen LogP contribution in [0.15, 0.2) is 40.9 Å². The zero-order valence-corrected chi connectivity index (χ0v) is 14.1. The maximum absolute atomic E-state index is 6.30. The first-order chi connectivity index (χ1) is 10.2. The molecule has 5 heteroatoms. The highest BCUT2D eigenvalue weighted by Gasteiger charge is 2.12. The first-order valence-electron chi connectivity index (χ1n) is 6.58. The maximum atomic E-state index is 6.30. The summed E-state index contributed by atoms with van der Waals surface area (Å²) in [5, 5.41) is 0.532. The van der Waals surface area contributed by atoms with E-state index in [1.54, 1.807) is 7.11 Å². The fourth-order valence-electron chi connectivity index (χ4n) is 1.99. The number of hydrogen-bond acceptors (Lipinski definition) is 3. The number of nitrogens with two attached hydrogens (primary N) is 1. The average Bonchev–Trinajstić information content (AvgIpc) is 2.47. The average molecular weight is 371 g/mol. The van der Waals surface area contributed by atoms with Crippen LogP contribution < -0.4 is 15.2 Å². The number of ether oxygens (including phenoxy) is 2.